The van der Waals surface area contributed by atoms with Crippen LogP contribution in [0.3, 0.4) is 0 Å². The Hall–Kier alpha value is -1.38. The zero-order valence-corrected chi connectivity index (χ0v) is 12.1. The second kappa shape index (κ2) is 6.18. The van der Waals surface area contributed by atoms with Crippen LogP contribution < -0.4 is 5.73 Å². The first-order chi connectivity index (χ1) is 9.11. The molecule has 0 saturated heterocycles. The molecule has 1 aromatic heterocycles. The van der Waals surface area contributed by atoms with Gasteiger partial charge in [0, 0.05) is 29.4 Å². The van der Waals surface area contributed by atoms with E-state index in [0.29, 0.717) is 6.54 Å². The molecule has 19 heavy (non-hydrogen) atoms. The summed E-state index contributed by atoms with van der Waals surface area (Å²) in [6.07, 6.45) is 2.73. The van der Waals surface area contributed by atoms with Gasteiger partial charge >= 0.3 is 0 Å². The van der Waals surface area contributed by atoms with E-state index in [4.69, 9.17) is 17.3 Å². The standard InChI is InChI=1S/C16H19ClN2/c1-11-4-3-7-19-16(11)14(10-18)9-13-5-6-15(17)8-12(13)2/h3-8,14H,9-10,18H2,1-2H3/t14-/m0/s1. The highest BCUT2D eigenvalue weighted by Gasteiger charge is 2.15. The van der Waals surface area contributed by atoms with E-state index in [2.05, 4.69) is 31.0 Å². The predicted octanol–water partition coefficient (Wildman–Crippen LogP) is 3.64. The van der Waals surface area contributed by atoms with Crippen molar-refractivity contribution < 1.29 is 0 Å². The molecule has 2 rings (SSSR count). The Kier molecular flexibility index (Phi) is 4.56. The van der Waals surface area contributed by atoms with Gasteiger partial charge in [-0.15, -0.1) is 0 Å². The number of benzene rings is 1. The number of nitrogens with two attached hydrogens (primary N) is 1. The Balaban J connectivity index is 2.27. The molecule has 2 nitrogen and oxygen atoms in total. The van der Waals surface area contributed by atoms with Gasteiger partial charge in [0.1, 0.15) is 0 Å². The molecule has 100 valence electrons. The molecule has 0 radical (unpaired) electrons. The fourth-order valence-electron chi connectivity index (χ4n) is 2.37. The molecule has 0 fully saturated rings. The number of hydrogen-bond acceptors (Lipinski definition) is 2. The van der Waals surface area contributed by atoms with E-state index in [1.54, 1.807) is 0 Å². The van der Waals surface area contributed by atoms with E-state index in [0.717, 1.165) is 17.1 Å². The number of hydrogen-bond donors (Lipinski definition) is 1. The van der Waals surface area contributed by atoms with Crippen LogP contribution >= 0.6 is 11.6 Å². The fourth-order valence-corrected chi connectivity index (χ4v) is 2.60. The van der Waals surface area contributed by atoms with Crippen LogP contribution in [0.25, 0.3) is 0 Å². The van der Waals surface area contributed by atoms with Crippen LogP contribution in [-0.2, 0) is 6.42 Å². The van der Waals surface area contributed by atoms with Gasteiger partial charge in [-0.2, -0.15) is 0 Å². The van der Waals surface area contributed by atoms with E-state index in [9.17, 15) is 0 Å². The van der Waals surface area contributed by atoms with E-state index in [1.807, 2.05) is 24.4 Å². The summed E-state index contributed by atoms with van der Waals surface area (Å²) in [7, 11) is 0. The lowest BCUT2D eigenvalue weighted by Gasteiger charge is -2.17. The first-order valence-electron chi connectivity index (χ1n) is 6.48. The van der Waals surface area contributed by atoms with Gasteiger partial charge in [-0.25, -0.2) is 0 Å². The molecular weight excluding hydrogens is 256 g/mol. The van der Waals surface area contributed by atoms with E-state index >= 15 is 0 Å². The summed E-state index contributed by atoms with van der Waals surface area (Å²) < 4.78 is 0. The summed E-state index contributed by atoms with van der Waals surface area (Å²) >= 11 is 5.99. The van der Waals surface area contributed by atoms with Crippen molar-refractivity contribution in [2.24, 2.45) is 5.73 Å². The monoisotopic (exact) mass is 274 g/mol. The Morgan fingerprint density at radius 3 is 2.63 bits per heavy atom. The predicted molar refractivity (Wildman–Crippen MR) is 80.7 cm³/mol. The smallest absolute Gasteiger partial charge is 0.0479 e. The van der Waals surface area contributed by atoms with Crippen molar-refractivity contribution in [2.45, 2.75) is 26.2 Å². The van der Waals surface area contributed by atoms with Gasteiger partial charge in [0.15, 0.2) is 0 Å². The van der Waals surface area contributed by atoms with Gasteiger partial charge in [-0.05, 0) is 55.2 Å². The van der Waals surface area contributed by atoms with Crippen LogP contribution in [0, 0.1) is 13.8 Å². The van der Waals surface area contributed by atoms with Crippen molar-refractivity contribution >= 4 is 11.6 Å². The largest absolute Gasteiger partial charge is 0.330 e. The van der Waals surface area contributed by atoms with Crippen LogP contribution in [-0.4, -0.2) is 11.5 Å². The molecule has 0 unspecified atom stereocenters. The summed E-state index contributed by atoms with van der Waals surface area (Å²) in [6, 6.07) is 10.1. The number of rotatable bonds is 4. The van der Waals surface area contributed by atoms with E-state index in [1.165, 1.54) is 16.7 Å². The number of aromatic nitrogens is 1. The summed E-state index contributed by atoms with van der Waals surface area (Å²) in [5.41, 5.74) is 10.7. The Bertz CT molecular complexity index is 566. The quantitative estimate of drug-likeness (QED) is 0.925. The lowest BCUT2D eigenvalue weighted by Crippen LogP contribution is -2.17. The Morgan fingerprint density at radius 2 is 2.00 bits per heavy atom. The van der Waals surface area contributed by atoms with Crippen molar-refractivity contribution in [1.82, 2.24) is 4.98 Å². The molecule has 0 amide bonds. The molecule has 2 aromatic rings. The van der Waals surface area contributed by atoms with Crippen LogP contribution in [0.5, 0.6) is 0 Å². The molecule has 1 atom stereocenters. The minimum absolute atomic E-state index is 0.251. The highest BCUT2D eigenvalue weighted by atomic mass is 35.5. The van der Waals surface area contributed by atoms with Crippen molar-refractivity contribution in [1.29, 1.82) is 0 Å². The van der Waals surface area contributed by atoms with Crippen LogP contribution in [0.4, 0.5) is 0 Å². The maximum Gasteiger partial charge on any atom is 0.0479 e. The number of halogens is 1. The average molecular weight is 275 g/mol. The van der Waals surface area contributed by atoms with Gasteiger partial charge in [0.2, 0.25) is 0 Å². The first-order valence-corrected chi connectivity index (χ1v) is 6.86. The molecule has 1 aromatic carbocycles. The first kappa shape index (κ1) is 14.0. The normalized spacial score (nSPS) is 12.4. The minimum Gasteiger partial charge on any atom is -0.330 e. The highest BCUT2D eigenvalue weighted by Crippen LogP contribution is 2.24. The Labute approximate surface area is 119 Å². The van der Waals surface area contributed by atoms with Crippen molar-refractivity contribution in [3.05, 3.63) is 63.9 Å². The third-order valence-electron chi connectivity index (χ3n) is 3.49. The molecule has 0 aliphatic carbocycles. The molecule has 0 spiro atoms. The summed E-state index contributed by atoms with van der Waals surface area (Å²) in [4.78, 5) is 4.49. The minimum atomic E-state index is 0.251. The topological polar surface area (TPSA) is 38.9 Å². The molecule has 3 heteroatoms. The summed E-state index contributed by atoms with van der Waals surface area (Å²) in [5, 5.41) is 0.777. The number of pyridine rings is 1. The highest BCUT2D eigenvalue weighted by molar-refractivity contribution is 6.30. The maximum absolute atomic E-state index is 5.99. The maximum atomic E-state index is 5.99. The molecule has 0 aliphatic heterocycles. The lowest BCUT2D eigenvalue weighted by molar-refractivity contribution is 0.665. The van der Waals surface area contributed by atoms with Crippen LogP contribution in [0.1, 0.15) is 28.3 Å². The van der Waals surface area contributed by atoms with Gasteiger partial charge in [0.05, 0.1) is 0 Å². The molecule has 1 heterocycles. The number of aryl methyl sites for hydroxylation is 2. The van der Waals surface area contributed by atoms with Crippen molar-refractivity contribution in [3.8, 4) is 0 Å². The van der Waals surface area contributed by atoms with Gasteiger partial charge in [0.25, 0.3) is 0 Å². The molecule has 0 aliphatic rings. The molecule has 0 bridgehead atoms. The van der Waals surface area contributed by atoms with E-state index in [-0.39, 0.29) is 5.92 Å². The second-order valence-corrected chi connectivity index (χ2v) is 5.35. The van der Waals surface area contributed by atoms with E-state index < -0.39 is 0 Å². The molecular formula is C16H19ClN2. The lowest BCUT2D eigenvalue weighted by atomic mass is 9.91. The molecule has 0 saturated carbocycles. The SMILES string of the molecule is Cc1cc(Cl)ccc1C[C@@H](CN)c1ncccc1C. The zero-order valence-electron chi connectivity index (χ0n) is 11.4. The van der Waals surface area contributed by atoms with Crippen LogP contribution in [0.2, 0.25) is 5.02 Å². The zero-order chi connectivity index (χ0) is 13.8. The van der Waals surface area contributed by atoms with Crippen molar-refractivity contribution in [3.63, 3.8) is 0 Å². The van der Waals surface area contributed by atoms with Gasteiger partial charge in [-0.1, -0.05) is 23.7 Å². The second-order valence-electron chi connectivity index (χ2n) is 4.91. The summed E-state index contributed by atoms with van der Waals surface area (Å²) in [6.45, 7) is 4.76. The summed E-state index contributed by atoms with van der Waals surface area (Å²) in [5.74, 6) is 0.251. The van der Waals surface area contributed by atoms with Gasteiger partial charge in [-0.3, -0.25) is 4.98 Å². The van der Waals surface area contributed by atoms with Crippen LogP contribution in [0.15, 0.2) is 36.5 Å². The van der Waals surface area contributed by atoms with Gasteiger partial charge < -0.3 is 5.73 Å². The number of nitrogens with zero attached hydrogens (tertiary/aromatic N) is 1. The average Bonchev–Trinajstić information content (AvgIpc) is 2.39. The molecule has 2 N–H and O–H groups in total. The van der Waals surface area contributed by atoms with Crippen molar-refractivity contribution in [2.75, 3.05) is 6.54 Å². The third-order valence-corrected chi connectivity index (χ3v) is 3.73. The third kappa shape index (κ3) is 3.34. The Morgan fingerprint density at radius 1 is 1.21 bits per heavy atom. The fraction of sp³-hybridized carbons (Fsp3) is 0.312.